The molecule has 0 spiro atoms. The second kappa shape index (κ2) is 8.48. The van der Waals surface area contributed by atoms with Crippen LogP contribution >= 0.6 is 0 Å². The summed E-state index contributed by atoms with van der Waals surface area (Å²) in [6, 6.07) is 28.5. The molecule has 0 radical (unpaired) electrons. The van der Waals surface area contributed by atoms with Crippen molar-refractivity contribution in [1.82, 2.24) is 0 Å². The number of rotatable bonds is 7. The SMILES string of the molecule is O=C(O)c1ccc2c(OCc3ccccc3)cccc2c1OCc1ccccc1. The van der Waals surface area contributed by atoms with Crippen molar-refractivity contribution in [3.8, 4) is 11.5 Å². The molecule has 0 saturated heterocycles. The van der Waals surface area contributed by atoms with Crippen molar-refractivity contribution in [1.29, 1.82) is 0 Å². The lowest BCUT2D eigenvalue weighted by Crippen LogP contribution is -2.04. The fraction of sp³-hybridized carbons (Fsp3) is 0.0800. The zero-order valence-electron chi connectivity index (χ0n) is 15.7. The van der Waals surface area contributed by atoms with Gasteiger partial charge in [0.15, 0.2) is 0 Å². The first-order valence-electron chi connectivity index (χ1n) is 9.35. The Labute approximate surface area is 169 Å². The van der Waals surface area contributed by atoms with Gasteiger partial charge in [0.25, 0.3) is 0 Å². The highest BCUT2D eigenvalue weighted by molar-refractivity contribution is 6.02. The molecule has 0 heterocycles. The molecule has 4 nitrogen and oxygen atoms in total. The first-order valence-corrected chi connectivity index (χ1v) is 9.35. The van der Waals surface area contributed by atoms with Crippen LogP contribution in [0.5, 0.6) is 11.5 Å². The van der Waals surface area contributed by atoms with E-state index in [2.05, 4.69) is 0 Å². The predicted octanol–water partition coefficient (Wildman–Crippen LogP) is 5.70. The maximum atomic E-state index is 11.8. The third-order valence-corrected chi connectivity index (χ3v) is 4.67. The maximum absolute atomic E-state index is 11.8. The lowest BCUT2D eigenvalue weighted by Gasteiger charge is -2.15. The minimum Gasteiger partial charge on any atom is -0.488 e. The molecule has 0 aromatic heterocycles. The van der Waals surface area contributed by atoms with Crippen molar-refractivity contribution in [3.05, 3.63) is 108 Å². The molecule has 0 saturated carbocycles. The molecule has 0 bridgehead atoms. The monoisotopic (exact) mass is 384 g/mol. The first-order chi connectivity index (χ1) is 14.2. The van der Waals surface area contributed by atoms with Gasteiger partial charge in [-0.1, -0.05) is 72.8 Å². The number of carboxylic acids is 1. The van der Waals surface area contributed by atoms with Gasteiger partial charge in [-0.05, 0) is 29.3 Å². The summed E-state index contributed by atoms with van der Waals surface area (Å²) < 4.78 is 12.0. The van der Waals surface area contributed by atoms with E-state index in [1.54, 1.807) is 12.1 Å². The molecule has 0 unspecified atom stereocenters. The molecule has 29 heavy (non-hydrogen) atoms. The van der Waals surface area contributed by atoms with Gasteiger partial charge in [0.2, 0.25) is 0 Å². The van der Waals surface area contributed by atoms with Gasteiger partial charge in [-0.25, -0.2) is 4.79 Å². The van der Waals surface area contributed by atoms with Crippen LogP contribution in [0.15, 0.2) is 91.0 Å². The zero-order valence-corrected chi connectivity index (χ0v) is 15.7. The third kappa shape index (κ3) is 4.22. The molecule has 0 amide bonds. The normalized spacial score (nSPS) is 10.6. The average Bonchev–Trinajstić information content (AvgIpc) is 2.77. The highest BCUT2D eigenvalue weighted by atomic mass is 16.5. The van der Waals surface area contributed by atoms with E-state index in [9.17, 15) is 9.90 Å². The van der Waals surface area contributed by atoms with Gasteiger partial charge in [-0.15, -0.1) is 0 Å². The van der Waals surface area contributed by atoms with Gasteiger partial charge < -0.3 is 14.6 Å². The molecular weight excluding hydrogens is 364 g/mol. The van der Waals surface area contributed by atoms with Gasteiger partial charge >= 0.3 is 5.97 Å². The van der Waals surface area contributed by atoms with Gasteiger partial charge in [-0.3, -0.25) is 0 Å². The average molecular weight is 384 g/mol. The van der Waals surface area contributed by atoms with Crippen LogP contribution in [0.2, 0.25) is 0 Å². The Hall–Kier alpha value is -3.79. The summed E-state index contributed by atoms with van der Waals surface area (Å²) >= 11 is 0. The predicted molar refractivity (Wildman–Crippen MR) is 112 cm³/mol. The number of carbonyl (C=O) groups is 1. The molecule has 1 N–H and O–H groups in total. The highest BCUT2D eigenvalue weighted by Crippen LogP contribution is 2.36. The molecule has 0 aliphatic carbocycles. The lowest BCUT2D eigenvalue weighted by molar-refractivity contribution is 0.0692. The largest absolute Gasteiger partial charge is 0.488 e. The van der Waals surface area contributed by atoms with Gasteiger partial charge in [0.1, 0.15) is 30.3 Å². The summed E-state index contributed by atoms with van der Waals surface area (Å²) in [7, 11) is 0. The lowest BCUT2D eigenvalue weighted by atomic mass is 10.0. The van der Waals surface area contributed by atoms with Crippen molar-refractivity contribution in [2.75, 3.05) is 0 Å². The first kappa shape index (κ1) is 18.6. The van der Waals surface area contributed by atoms with E-state index in [4.69, 9.17) is 9.47 Å². The summed E-state index contributed by atoms with van der Waals surface area (Å²) in [6.07, 6.45) is 0. The third-order valence-electron chi connectivity index (χ3n) is 4.67. The van der Waals surface area contributed by atoms with E-state index >= 15 is 0 Å². The Morgan fingerprint density at radius 1 is 0.655 bits per heavy atom. The van der Waals surface area contributed by atoms with Crippen molar-refractivity contribution in [3.63, 3.8) is 0 Å². The fourth-order valence-corrected chi connectivity index (χ4v) is 3.22. The quantitative estimate of drug-likeness (QED) is 0.444. The number of benzene rings is 4. The van der Waals surface area contributed by atoms with E-state index < -0.39 is 5.97 Å². The van der Waals surface area contributed by atoms with Crippen LogP contribution in [-0.2, 0) is 13.2 Å². The Morgan fingerprint density at radius 2 is 1.28 bits per heavy atom. The molecular formula is C25H20O4. The number of hydrogen-bond donors (Lipinski definition) is 1. The van der Waals surface area contributed by atoms with Gasteiger partial charge in [-0.2, -0.15) is 0 Å². The Morgan fingerprint density at radius 3 is 1.90 bits per heavy atom. The number of ether oxygens (including phenoxy) is 2. The second-order valence-electron chi connectivity index (χ2n) is 6.65. The van der Waals surface area contributed by atoms with E-state index in [0.717, 1.165) is 16.5 Å². The number of aromatic carboxylic acids is 1. The van der Waals surface area contributed by atoms with Crippen LogP contribution < -0.4 is 9.47 Å². The highest BCUT2D eigenvalue weighted by Gasteiger charge is 2.17. The molecule has 4 aromatic carbocycles. The molecule has 4 aromatic rings. The molecule has 144 valence electrons. The van der Waals surface area contributed by atoms with E-state index in [1.165, 1.54) is 0 Å². The van der Waals surface area contributed by atoms with Crippen LogP contribution in [0, 0.1) is 0 Å². The molecule has 0 fully saturated rings. The summed E-state index contributed by atoms with van der Waals surface area (Å²) in [6.45, 7) is 0.718. The standard InChI is InChI=1S/C25H20O4/c26-25(27)22-15-14-20-21(24(22)29-17-19-10-5-2-6-11-19)12-7-13-23(20)28-16-18-8-3-1-4-9-18/h1-15H,16-17H2,(H,26,27). The van der Waals surface area contributed by atoms with Crippen LogP contribution in [0.3, 0.4) is 0 Å². The molecule has 4 rings (SSSR count). The zero-order chi connectivity index (χ0) is 20.1. The number of hydrogen-bond acceptors (Lipinski definition) is 3. The van der Waals surface area contributed by atoms with E-state index in [1.807, 2.05) is 78.9 Å². The van der Waals surface area contributed by atoms with Gasteiger partial charge in [0, 0.05) is 10.8 Å². The fourth-order valence-electron chi connectivity index (χ4n) is 3.22. The Balaban J connectivity index is 1.68. The topological polar surface area (TPSA) is 55.8 Å². The van der Waals surface area contributed by atoms with Crippen molar-refractivity contribution in [2.45, 2.75) is 13.2 Å². The van der Waals surface area contributed by atoms with Gasteiger partial charge in [0.05, 0.1) is 0 Å². The van der Waals surface area contributed by atoms with E-state index in [-0.39, 0.29) is 12.2 Å². The minimum atomic E-state index is -1.02. The molecule has 4 heteroatoms. The number of carboxylic acid groups (broad SMARTS) is 1. The summed E-state index contributed by atoms with van der Waals surface area (Å²) in [5, 5.41) is 11.2. The molecule has 0 aliphatic rings. The smallest absolute Gasteiger partial charge is 0.339 e. The van der Waals surface area contributed by atoms with Crippen LogP contribution in [0.1, 0.15) is 21.5 Å². The van der Waals surface area contributed by atoms with Crippen molar-refractivity contribution < 1.29 is 19.4 Å². The molecule has 0 atom stereocenters. The van der Waals surface area contributed by atoms with Crippen molar-refractivity contribution in [2.24, 2.45) is 0 Å². The summed E-state index contributed by atoms with van der Waals surface area (Å²) in [5.41, 5.74) is 2.16. The summed E-state index contributed by atoms with van der Waals surface area (Å²) in [4.78, 5) is 11.8. The van der Waals surface area contributed by atoms with Crippen LogP contribution in [-0.4, -0.2) is 11.1 Å². The Kier molecular flexibility index (Phi) is 5.43. The van der Waals surface area contributed by atoms with E-state index in [0.29, 0.717) is 23.5 Å². The summed E-state index contributed by atoms with van der Waals surface area (Å²) in [5.74, 6) is 0.0161. The van der Waals surface area contributed by atoms with Crippen molar-refractivity contribution >= 4 is 16.7 Å². The number of fused-ring (bicyclic) bond motifs is 1. The van der Waals surface area contributed by atoms with Crippen LogP contribution in [0.25, 0.3) is 10.8 Å². The maximum Gasteiger partial charge on any atom is 0.339 e. The van der Waals surface area contributed by atoms with Crippen LogP contribution in [0.4, 0.5) is 0 Å². The molecule has 0 aliphatic heterocycles. The minimum absolute atomic E-state index is 0.133. The second-order valence-corrected chi connectivity index (χ2v) is 6.65. The Bertz CT molecular complexity index is 1120.